The predicted molar refractivity (Wildman–Crippen MR) is 102 cm³/mol. The van der Waals surface area contributed by atoms with Crippen molar-refractivity contribution in [1.82, 2.24) is 15.8 Å². The molecule has 1 atom stereocenters. The van der Waals surface area contributed by atoms with Gasteiger partial charge in [-0.15, -0.1) is 0 Å². The molecule has 5 heteroatoms. The first-order valence-corrected chi connectivity index (χ1v) is 8.71. The fraction of sp³-hybridized carbons (Fsp3) is 0.238. The molecule has 0 aliphatic carbocycles. The van der Waals surface area contributed by atoms with Crippen LogP contribution in [0.2, 0.25) is 0 Å². The van der Waals surface area contributed by atoms with E-state index in [1.165, 1.54) is 10.6 Å². The van der Waals surface area contributed by atoms with Gasteiger partial charge in [0.05, 0.1) is 11.7 Å². The molecule has 5 nitrogen and oxygen atoms in total. The normalized spacial score (nSPS) is 15.1. The summed E-state index contributed by atoms with van der Waals surface area (Å²) in [5.74, 6) is -0.323. The van der Waals surface area contributed by atoms with Gasteiger partial charge in [0.1, 0.15) is 6.54 Å². The highest BCUT2D eigenvalue weighted by atomic mass is 16.2. The maximum atomic E-state index is 12.4. The Morgan fingerprint density at radius 1 is 1.15 bits per heavy atom. The largest absolute Gasteiger partial charge is 0.348 e. The maximum absolute atomic E-state index is 12.4. The molecule has 2 aromatic carbocycles. The standard InChI is InChI=1S/C21H23N3O2/c1-15-8-10-18(11-9-15)19-12-13-21(26)24(23-19)14-20(25)22-16(2)17-6-4-3-5-7-17/h3-12,16,23H,13-14H2,1-2H3,(H,22,25). The van der Waals surface area contributed by atoms with Gasteiger partial charge in [0.25, 0.3) is 0 Å². The van der Waals surface area contributed by atoms with Crippen LogP contribution in [0.15, 0.2) is 60.7 Å². The van der Waals surface area contributed by atoms with E-state index >= 15 is 0 Å². The molecular weight excluding hydrogens is 326 g/mol. The van der Waals surface area contributed by atoms with Crippen LogP contribution in [0.5, 0.6) is 0 Å². The van der Waals surface area contributed by atoms with Crippen molar-refractivity contribution in [3.05, 3.63) is 77.4 Å². The summed E-state index contributed by atoms with van der Waals surface area (Å²) in [6.45, 7) is 3.93. The summed E-state index contributed by atoms with van der Waals surface area (Å²) in [5.41, 5.74) is 7.10. The Hall–Kier alpha value is -3.08. The highest BCUT2D eigenvalue weighted by Crippen LogP contribution is 2.18. The molecule has 1 unspecified atom stereocenters. The van der Waals surface area contributed by atoms with E-state index in [2.05, 4.69) is 10.7 Å². The highest BCUT2D eigenvalue weighted by molar-refractivity contribution is 5.88. The summed E-state index contributed by atoms with van der Waals surface area (Å²) in [6, 6.07) is 17.7. The topological polar surface area (TPSA) is 61.4 Å². The van der Waals surface area contributed by atoms with Crippen molar-refractivity contribution in [2.75, 3.05) is 6.54 Å². The average Bonchev–Trinajstić information content (AvgIpc) is 2.65. The zero-order chi connectivity index (χ0) is 18.5. The number of hydrazine groups is 1. The molecule has 2 N–H and O–H groups in total. The van der Waals surface area contributed by atoms with E-state index in [0.29, 0.717) is 0 Å². The smallest absolute Gasteiger partial charge is 0.245 e. The Labute approximate surface area is 153 Å². The molecule has 0 saturated carbocycles. The minimum atomic E-state index is -0.202. The van der Waals surface area contributed by atoms with Crippen molar-refractivity contribution in [3.8, 4) is 0 Å². The van der Waals surface area contributed by atoms with Gasteiger partial charge in [-0.25, -0.2) is 5.01 Å². The molecule has 134 valence electrons. The van der Waals surface area contributed by atoms with Crippen LogP contribution in [0.25, 0.3) is 5.70 Å². The van der Waals surface area contributed by atoms with E-state index in [-0.39, 0.29) is 30.8 Å². The molecular formula is C21H23N3O2. The van der Waals surface area contributed by atoms with Crippen molar-refractivity contribution >= 4 is 17.5 Å². The van der Waals surface area contributed by atoms with E-state index in [1.54, 1.807) is 0 Å². The van der Waals surface area contributed by atoms with Crippen molar-refractivity contribution in [2.24, 2.45) is 0 Å². The molecule has 3 rings (SSSR count). The molecule has 26 heavy (non-hydrogen) atoms. The number of nitrogens with zero attached hydrogens (tertiary/aromatic N) is 1. The van der Waals surface area contributed by atoms with Crippen LogP contribution in [-0.4, -0.2) is 23.4 Å². The zero-order valence-corrected chi connectivity index (χ0v) is 15.0. The summed E-state index contributed by atoms with van der Waals surface area (Å²) in [4.78, 5) is 24.5. The van der Waals surface area contributed by atoms with Crippen LogP contribution >= 0.6 is 0 Å². The molecule has 0 radical (unpaired) electrons. The number of carbonyl (C=O) groups excluding carboxylic acids is 2. The molecule has 0 saturated heterocycles. The van der Waals surface area contributed by atoms with E-state index in [1.807, 2.05) is 74.5 Å². The van der Waals surface area contributed by atoms with Crippen LogP contribution in [0.1, 0.15) is 36.1 Å². The third kappa shape index (κ3) is 4.30. The number of carbonyl (C=O) groups is 2. The van der Waals surface area contributed by atoms with Gasteiger partial charge >= 0.3 is 0 Å². The lowest BCUT2D eigenvalue weighted by Gasteiger charge is -2.29. The summed E-state index contributed by atoms with van der Waals surface area (Å²) in [6.07, 6.45) is 2.13. The quantitative estimate of drug-likeness (QED) is 0.872. The monoisotopic (exact) mass is 349 g/mol. The third-order valence-electron chi connectivity index (χ3n) is 4.38. The molecule has 0 fully saturated rings. The number of rotatable bonds is 5. The first kappa shape index (κ1) is 17.7. The fourth-order valence-corrected chi connectivity index (χ4v) is 2.85. The van der Waals surface area contributed by atoms with Crippen LogP contribution in [-0.2, 0) is 9.59 Å². The number of hydrogen-bond acceptors (Lipinski definition) is 3. The number of benzene rings is 2. The number of hydrogen-bond donors (Lipinski definition) is 2. The van der Waals surface area contributed by atoms with Crippen LogP contribution in [0, 0.1) is 6.92 Å². The number of nitrogens with one attached hydrogen (secondary N) is 2. The summed E-state index contributed by atoms with van der Waals surface area (Å²) in [7, 11) is 0. The lowest BCUT2D eigenvalue weighted by molar-refractivity contribution is -0.138. The van der Waals surface area contributed by atoms with Gasteiger partial charge in [-0.1, -0.05) is 60.2 Å². The van der Waals surface area contributed by atoms with Crippen LogP contribution in [0.3, 0.4) is 0 Å². The first-order chi connectivity index (χ1) is 12.5. The Morgan fingerprint density at radius 2 is 1.85 bits per heavy atom. The lowest BCUT2D eigenvalue weighted by Crippen LogP contribution is -2.49. The van der Waals surface area contributed by atoms with Gasteiger partial charge in [-0.05, 0) is 31.1 Å². The van der Waals surface area contributed by atoms with E-state index in [0.717, 1.165) is 16.8 Å². The highest BCUT2D eigenvalue weighted by Gasteiger charge is 2.22. The molecule has 0 spiro atoms. The number of amides is 2. The van der Waals surface area contributed by atoms with Gasteiger partial charge in [0, 0.05) is 6.42 Å². The molecule has 0 bridgehead atoms. The van der Waals surface area contributed by atoms with Crippen molar-refractivity contribution in [3.63, 3.8) is 0 Å². The van der Waals surface area contributed by atoms with Crippen molar-refractivity contribution in [1.29, 1.82) is 0 Å². The summed E-state index contributed by atoms with van der Waals surface area (Å²) >= 11 is 0. The van der Waals surface area contributed by atoms with Gasteiger partial charge in [-0.3, -0.25) is 15.0 Å². The molecule has 1 aliphatic rings. The van der Waals surface area contributed by atoms with Crippen molar-refractivity contribution in [2.45, 2.75) is 26.3 Å². The molecule has 1 aliphatic heterocycles. The Balaban J connectivity index is 1.62. The molecule has 2 aromatic rings. The second kappa shape index (κ2) is 7.87. The van der Waals surface area contributed by atoms with E-state index < -0.39 is 0 Å². The molecule has 2 amide bonds. The molecule has 1 heterocycles. The third-order valence-corrected chi connectivity index (χ3v) is 4.38. The lowest BCUT2D eigenvalue weighted by atomic mass is 10.1. The van der Waals surface area contributed by atoms with Gasteiger partial charge < -0.3 is 5.32 Å². The molecule has 0 aromatic heterocycles. The van der Waals surface area contributed by atoms with Gasteiger partial charge in [-0.2, -0.15) is 0 Å². The second-order valence-electron chi connectivity index (χ2n) is 6.48. The van der Waals surface area contributed by atoms with Crippen LogP contribution in [0.4, 0.5) is 0 Å². The number of aryl methyl sites for hydroxylation is 1. The van der Waals surface area contributed by atoms with Crippen molar-refractivity contribution < 1.29 is 9.59 Å². The minimum Gasteiger partial charge on any atom is -0.348 e. The van der Waals surface area contributed by atoms with Crippen LogP contribution < -0.4 is 10.7 Å². The Kier molecular flexibility index (Phi) is 5.37. The fourth-order valence-electron chi connectivity index (χ4n) is 2.85. The second-order valence-corrected chi connectivity index (χ2v) is 6.48. The minimum absolute atomic E-state index is 0.0286. The summed E-state index contributed by atoms with van der Waals surface area (Å²) < 4.78 is 0. The first-order valence-electron chi connectivity index (χ1n) is 8.71. The van der Waals surface area contributed by atoms with E-state index in [4.69, 9.17) is 0 Å². The average molecular weight is 349 g/mol. The summed E-state index contributed by atoms with van der Waals surface area (Å²) in [5, 5.41) is 4.31. The van der Waals surface area contributed by atoms with Gasteiger partial charge in [0.15, 0.2) is 0 Å². The van der Waals surface area contributed by atoms with Gasteiger partial charge in [0.2, 0.25) is 11.8 Å². The SMILES string of the molecule is Cc1ccc(C2=CCC(=O)N(CC(=O)NC(C)c3ccccc3)N2)cc1. The Morgan fingerprint density at radius 3 is 2.54 bits per heavy atom. The maximum Gasteiger partial charge on any atom is 0.245 e. The Bertz CT molecular complexity index is 813. The predicted octanol–water partition coefficient (Wildman–Crippen LogP) is 2.95. The van der Waals surface area contributed by atoms with E-state index in [9.17, 15) is 9.59 Å². The zero-order valence-electron chi connectivity index (χ0n) is 15.0.